The molecule has 78 valence electrons. The van der Waals surface area contributed by atoms with E-state index in [1.54, 1.807) is 23.9 Å². The molecule has 3 nitrogen and oxygen atoms in total. The Labute approximate surface area is 93.2 Å². The fraction of sp³-hybridized carbons (Fsp3) is 0.273. The molecule has 1 atom stereocenters. The molecular formula is C11H13N3S. The van der Waals surface area contributed by atoms with Gasteiger partial charge in [0.1, 0.15) is 6.33 Å². The van der Waals surface area contributed by atoms with Gasteiger partial charge in [0.15, 0.2) is 0 Å². The maximum Gasteiger partial charge on any atom is 0.115 e. The van der Waals surface area contributed by atoms with E-state index in [1.165, 1.54) is 4.88 Å². The maximum atomic E-state index is 4.16. The van der Waals surface area contributed by atoms with Gasteiger partial charge in [-0.15, -0.1) is 11.3 Å². The number of thiophene rings is 1. The van der Waals surface area contributed by atoms with Crippen molar-refractivity contribution in [3.05, 3.63) is 46.7 Å². The van der Waals surface area contributed by atoms with E-state index in [2.05, 4.69) is 39.7 Å². The topological polar surface area (TPSA) is 37.8 Å². The normalized spacial score (nSPS) is 12.6. The molecule has 0 aliphatic heterocycles. The number of rotatable bonds is 4. The number of hydrogen-bond acceptors (Lipinski definition) is 4. The van der Waals surface area contributed by atoms with E-state index >= 15 is 0 Å². The lowest BCUT2D eigenvalue weighted by Crippen LogP contribution is -2.17. The fourth-order valence-electron chi connectivity index (χ4n) is 1.32. The van der Waals surface area contributed by atoms with Crippen LogP contribution in [0.4, 0.5) is 0 Å². The summed E-state index contributed by atoms with van der Waals surface area (Å²) in [5.41, 5.74) is 1.02. The molecule has 0 saturated carbocycles. The van der Waals surface area contributed by atoms with Gasteiger partial charge in [-0.1, -0.05) is 6.07 Å². The molecule has 2 heterocycles. The summed E-state index contributed by atoms with van der Waals surface area (Å²) in [5, 5.41) is 5.52. The minimum Gasteiger partial charge on any atom is -0.304 e. The molecule has 0 fully saturated rings. The van der Waals surface area contributed by atoms with Crippen LogP contribution in [0, 0.1) is 0 Å². The SMILES string of the molecule is C[C@@H](NCc1ccncn1)c1cccs1. The second-order valence-electron chi connectivity index (χ2n) is 3.32. The van der Waals surface area contributed by atoms with Gasteiger partial charge in [-0.3, -0.25) is 0 Å². The van der Waals surface area contributed by atoms with Crippen LogP contribution in [0.3, 0.4) is 0 Å². The maximum absolute atomic E-state index is 4.16. The van der Waals surface area contributed by atoms with Crippen LogP contribution in [0.2, 0.25) is 0 Å². The van der Waals surface area contributed by atoms with Gasteiger partial charge in [0.2, 0.25) is 0 Å². The monoisotopic (exact) mass is 219 g/mol. The van der Waals surface area contributed by atoms with E-state index in [-0.39, 0.29) is 0 Å². The molecule has 0 unspecified atom stereocenters. The Morgan fingerprint density at radius 2 is 2.40 bits per heavy atom. The Kier molecular flexibility index (Phi) is 3.42. The van der Waals surface area contributed by atoms with Crippen molar-refractivity contribution in [3.63, 3.8) is 0 Å². The van der Waals surface area contributed by atoms with Crippen LogP contribution < -0.4 is 5.32 Å². The van der Waals surface area contributed by atoms with Crippen molar-refractivity contribution in [2.45, 2.75) is 19.5 Å². The molecule has 0 bridgehead atoms. The molecule has 0 aliphatic rings. The minimum absolute atomic E-state index is 0.375. The smallest absolute Gasteiger partial charge is 0.115 e. The summed E-state index contributed by atoms with van der Waals surface area (Å²) in [6.45, 7) is 2.94. The quantitative estimate of drug-likeness (QED) is 0.858. The summed E-state index contributed by atoms with van der Waals surface area (Å²) >= 11 is 1.77. The zero-order valence-corrected chi connectivity index (χ0v) is 9.37. The van der Waals surface area contributed by atoms with Gasteiger partial charge in [-0.05, 0) is 24.4 Å². The van der Waals surface area contributed by atoms with Crippen LogP contribution in [0.5, 0.6) is 0 Å². The Morgan fingerprint density at radius 3 is 3.07 bits per heavy atom. The van der Waals surface area contributed by atoms with E-state index in [9.17, 15) is 0 Å². The van der Waals surface area contributed by atoms with Gasteiger partial charge >= 0.3 is 0 Å². The van der Waals surface area contributed by atoms with Crippen molar-refractivity contribution in [1.82, 2.24) is 15.3 Å². The standard InChI is InChI=1S/C11H13N3S/c1-9(11-3-2-6-15-11)13-7-10-4-5-12-8-14-10/h2-6,8-9,13H,7H2,1H3/t9-/m1/s1. The first-order valence-corrected chi connectivity index (χ1v) is 5.76. The van der Waals surface area contributed by atoms with Crippen LogP contribution in [0.25, 0.3) is 0 Å². The molecule has 4 heteroatoms. The van der Waals surface area contributed by atoms with Crippen LogP contribution >= 0.6 is 11.3 Å². The molecule has 15 heavy (non-hydrogen) atoms. The Bertz CT molecular complexity index is 385. The zero-order valence-electron chi connectivity index (χ0n) is 8.55. The molecule has 2 aromatic heterocycles. The molecule has 0 amide bonds. The zero-order chi connectivity index (χ0) is 10.5. The van der Waals surface area contributed by atoms with E-state index in [0.717, 1.165) is 12.2 Å². The van der Waals surface area contributed by atoms with Crippen molar-refractivity contribution in [3.8, 4) is 0 Å². The summed E-state index contributed by atoms with van der Waals surface area (Å²) < 4.78 is 0. The van der Waals surface area contributed by atoms with Crippen molar-refractivity contribution in [2.24, 2.45) is 0 Å². The van der Waals surface area contributed by atoms with E-state index < -0.39 is 0 Å². The van der Waals surface area contributed by atoms with Crippen LogP contribution in [0.15, 0.2) is 36.1 Å². The van der Waals surface area contributed by atoms with E-state index in [1.807, 2.05) is 6.07 Å². The second-order valence-corrected chi connectivity index (χ2v) is 4.30. The lowest BCUT2D eigenvalue weighted by Gasteiger charge is -2.11. The van der Waals surface area contributed by atoms with Gasteiger partial charge < -0.3 is 5.32 Å². The highest BCUT2D eigenvalue weighted by molar-refractivity contribution is 7.10. The van der Waals surface area contributed by atoms with Gasteiger partial charge in [0.25, 0.3) is 0 Å². The Morgan fingerprint density at radius 1 is 1.47 bits per heavy atom. The lowest BCUT2D eigenvalue weighted by molar-refractivity contribution is 0.575. The summed E-state index contributed by atoms with van der Waals surface area (Å²) in [6.07, 6.45) is 3.34. The highest BCUT2D eigenvalue weighted by atomic mass is 32.1. The predicted octanol–water partition coefficient (Wildman–Crippen LogP) is 2.39. The second kappa shape index (κ2) is 5.00. The molecule has 1 N–H and O–H groups in total. The number of aromatic nitrogens is 2. The van der Waals surface area contributed by atoms with Crippen LogP contribution in [-0.2, 0) is 6.54 Å². The average molecular weight is 219 g/mol. The molecular weight excluding hydrogens is 206 g/mol. The third-order valence-electron chi connectivity index (χ3n) is 2.20. The van der Waals surface area contributed by atoms with Gasteiger partial charge in [0, 0.05) is 23.7 Å². The first kappa shape index (κ1) is 10.3. The predicted molar refractivity (Wildman–Crippen MR) is 61.6 cm³/mol. The lowest BCUT2D eigenvalue weighted by atomic mass is 10.2. The first-order valence-electron chi connectivity index (χ1n) is 4.88. The Hall–Kier alpha value is -1.26. The van der Waals surface area contributed by atoms with E-state index in [0.29, 0.717) is 6.04 Å². The van der Waals surface area contributed by atoms with Crippen LogP contribution in [0.1, 0.15) is 23.5 Å². The van der Waals surface area contributed by atoms with Gasteiger partial charge in [-0.2, -0.15) is 0 Å². The third-order valence-corrected chi connectivity index (χ3v) is 3.26. The largest absolute Gasteiger partial charge is 0.304 e. The Balaban J connectivity index is 1.89. The van der Waals surface area contributed by atoms with Crippen LogP contribution in [-0.4, -0.2) is 9.97 Å². The van der Waals surface area contributed by atoms with Gasteiger partial charge in [0.05, 0.1) is 5.69 Å². The summed E-state index contributed by atoms with van der Waals surface area (Å²) in [4.78, 5) is 9.40. The molecule has 0 spiro atoms. The summed E-state index contributed by atoms with van der Waals surface area (Å²) in [6, 6.07) is 6.51. The summed E-state index contributed by atoms with van der Waals surface area (Å²) in [5.74, 6) is 0. The summed E-state index contributed by atoms with van der Waals surface area (Å²) in [7, 11) is 0. The number of nitrogens with one attached hydrogen (secondary N) is 1. The highest BCUT2D eigenvalue weighted by Crippen LogP contribution is 2.18. The first-order chi connectivity index (χ1) is 7.36. The highest BCUT2D eigenvalue weighted by Gasteiger charge is 2.05. The molecule has 0 aromatic carbocycles. The van der Waals surface area contributed by atoms with Crippen molar-refractivity contribution in [2.75, 3.05) is 0 Å². The number of nitrogens with zero attached hydrogens (tertiary/aromatic N) is 2. The van der Waals surface area contributed by atoms with Crippen molar-refractivity contribution in [1.29, 1.82) is 0 Å². The fourth-order valence-corrected chi connectivity index (χ4v) is 2.08. The third kappa shape index (κ3) is 2.84. The number of hydrogen-bond donors (Lipinski definition) is 1. The van der Waals surface area contributed by atoms with Crippen molar-refractivity contribution >= 4 is 11.3 Å². The average Bonchev–Trinajstić information content (AvgIpc) is 2.81. The minimum atomic E-state index is 0.375. The van der Waals surface area contributed by atoms with E-state index in [4.69, 9.17) is 0 Å². The molecule has 0 aliphatic carbocycles. The molecule has 0 radical (unpaired) electrons. The molecule has 2 aromatic rings. The van der Waals surface area contributed by atoms with Crippen molar-refractivity contribution < 1.29 is 0 Å². The van der Waals surface area contributed by atoms with Gasteiger partial charge in [-0.25, -0.2) is 9.97 Å². The molecule has 0 saturated heterocycles. The molecule has 2 rings (SSSR count).